The molecule has 4 aromatic rings. The molecule has 0 radical (unpaired) electrons. The number of aromatic nitrogens is 3. The number of nitrogens with zero attached hydrogens (tertiary/aromatic N) is 3. The van der Waals surface area contributed by atoms with E-state index in [9.17, 15) is 4.39 Å². The standard InChI is InChI=1S/C24H23FN4O/c25-20-4-6-22(7-5-20)30-16-21-13-24(28-27-21)19-9-11-29(15-19)14-17-3-8-23-18(12-17)2-1-10-26-23/h1-8,10,12-13,19H,9,11,14-16H2,(H,27,28). The highest BCUT2D eigenvalue weighted by Crippen LogP contribution is 2.28. The molecule has 0 bridgehead atoms. The smallest absolute Gasteiger partial charge is 0.130 e. The highest BCUT2D eigenvalue weighted by Gasteiger charge is 2.26. The number of hydrogen-bond acceptors (Lipinski definition) is 4. The van der Waals surface area contributed by atoms with Crippen molar-refractivity contribution in [3.63, 3.8) is 0 Å². The largest absolute Gasteiger partial charge is 0.487 e. The number of hydrogen-bond donors (Lipinski definition) is 1. The molecule has 1 aliphatic heterocycles. The Bertz CT molecular complexity index is 1140. The molecule has 1 fully saturated rings. The van der Waals surface area contributed by atoms with E-state index in [0.717, 1.165) is 43.0 Å². The zero-order valence-corrected chi connectivity index (χ0v) is 16.6. The number of ether oxygens (including phenoxy) is 1. The molecule has 0 saturated carbocycles. The average molecular weight is 402 g/mol. The normalized spacial score (nSPS) is 16.9. The second-order valence-electron chi connectivity index (χ2n) is 7.81. The average Bonchev–Trinajstić information content (AvgIpc) is 3.43. The Labute approximate surface area is 174 Å². The Morgan fingerprint density at radius 1 is 1.10 bits per heavy atom. The van der Waals surface area contributed by atoms with Crippen LogP contribution in [-0.4, -0.2) is 33.2 Å². The van der Waals surface area contributed by atoms with Crippen LogP contribution in [0, 0.1) is 5.82 Å². The first-order valence-corrected chi connectivity index (χ1v) is 10.2. The number of benzene rings is 2. The van der Waals surface area contributed by atoms with Crippen LogP contribution in [0.25, 0.3) is 10.9 Å². The molecular weight excluding hydrogens is 379 g/mol. The lowest BCUT2D eigenvalue weighted by atomic mass is 10.1. The molecule has 1 unspecified atom stereocenters. The first-order valence-electron chi connectivity index (χ1n) is 10.2. The molecule has 1 N–H and O–H groups in total. The fraction of sp³-hybridized carbons (Fsp3) is 0.250. The summed E-state index contributed by atoms with van der Waals surface area (Å²) < 4.78 is 18.7. The van der Waals surface area contributed by atoms with Crippen LogP contribution in [0.2, 0.25) is 0 Å². The molecule has 0 amide bonds. The molecule has 6 heteroatoms. The van der Waals surface area contributed by atoms with Crippen LogP contribution in [0.3, 0.4) is 0 Å². The van der Waals surface area contributed by atoms with Crippen LogP contribution in [0.4, 0.5) is 4.39 Å². The summed E-state index contributed by atoms with van der Waals surface area (Å²) in [6, 6.07) is 18.7. The van der Waals surface area contributed by atoms with E-state index in [-0.39, 0.29) is 5.82 Å². The minimum Gasteiger partial charge on any atom is -0.487 e. The van der Waals surface area contributed by atoms with Crippen molar-refractivity contribution in [2.45, 2.75) is 25.5 Å². The maximum atomic E-state index is 13.0. The lowest BCUT2D eigenvalue weighted by Crippen LogP contribution is -2.19. The number of H-pyrrole nitrogens is 1. The predicted molar refractivity (Wildman–Crippen MR) is 114 cm³/mol. The number of pyridine rings is 1. The van der Waals surface area contributed by atoms with Crippen molar-refractivity contribution in [2.75, 3.05) is 13.1 Å². The molecule has 2 aromatic carbocycles. The van der Waals surface area contributed by atoms with E-state index in [1.54, 1.807) is 12.1 Å². The molecule has 152 valence electrons. The van der Waals surface area contributed by atoms with Crippen LogP contribution in [0.1, 0.15) is 29.3 Å². The van der Waals surface area contributed by atoms with Crippen LogP contribution >= 0.6 is 0 Å². The van der Waals surface area contributed by atoms with Gasteiger partial charge in [-0.05, 0) is 67.1 Å². The quantitative estimate of drug-likeness (QED) is 0.509. The SMILES string of the molecule is Fc1ccc(OCc2cc(C3CCN(Cc4ccc5ncccc5c4)C3)n[nH]2)cc1. The summed E-state index contributed by atoms with van der Waals surface area (Å²) >= 11 is 0. The van der Waals surface area contributed by atoms with E-state index >= 15 is 0 Å². The van der Waals surface area contributed by atoms with Gasteiger partial charge in [-0.15, -0.1) is 0 Å². The van der Waals surface area contributed by atoms with E-state index in [0.29, 0.717) is 18.3 Å². The van der Waals surface area contributed by atoms with E-state index in [4.69, 9.17) is 4.74 Å². The number of halogens is 1. The Hall–Kier alpha value is -3.25. The first-order chi connectivity index (χ1) is 14.7. The molecule has 30 heavy (non-hydrogen) atoms. The highest BCUT2D eigenvalue weighted by molar-refractivity contribution is 5.78. The monoisotopic (exact) mass is 402 g/mol. The highest BCUT2D eigenvalue weighted by atomic mass is 19.1. The molecule has 0 aliphatic carbocycles. The molecule has 1 atom stereocenters. The lowest BCUT2D eigenvalue weighted by molar-refractivity contribution is 0.300. The van der Waals surface area contributed by atoms with E-state index in [1.165, 1.54) is 23.1 Å². The maximum Gasteiger partial charge on any atom is 0.130 e. The molecule has 1 saturated heterocycles. The van der Waals surface area contributed by atoms with E-state index < -0.39 is 0 Å². The van der Waals surface area contributed by atoms with Gasteiger partial charge in [-0.2, -0.15) is 5.10 Å². The topological polar surface area (TPSA) is 54.0 Å². The Kier molecular flexibility index (Phi) is 5.15. The Morgan fingerprint density at radius 2 is 2.00 bits per heavy atom. The summed E-state index contributed by atoms with van der Waals surface area (Å²) in [5, 5.41) is 8.77. The van der Waals surface area contributed by atoms with Crippen molar-refractivity contribution in [3.05, 3.63) is 89.6 Å². The van der Waals surface area contributed by atoms with Gasteiger partial charge in [-0.3, -0.25) is 15.0 Å². The minimum atomic E-state index is -0.266. The van der Waals surface area contributed by atoms with Gasteiger partial charge in [0.15, 0.2) is 0 Å². The van der Waals surface area contributed by atoms with Gasteiger partial charge in [0.05, 0.1) is 16.9 Å². The van der Waals surface area contributed by atoms with Crippen LogP contribution < -0.4 is 4.74 Å². The fourth-order valence-corrected chi connectivity index (χ4v) is 4.05. The second-order valence-corrected chi connectivity index (χ2v) is 7.81. The van der Waals surface area contributed by atoms with Crippen molar-refractivity contribution in [1.29, 1.82) is 0 Å². The first kappa shape index (κ1) is 18.8. The van der Waals surface area contributed by atoms with Gasteiger partial charge < -0.3 is 4.74 Å². The molecule has 1 aliphatic rings. The summed E-state index contributed by atoms with van der Waals surface area (Å²) in [5.41, 5.74) is 4.35. The van der Waals surface area contributed by atoms with Gasteiger partial charge in [0.25, 0.3) is 0 Å². The molecule has 3 heterocycles. The van der Waals surface area contributed by atoms with Gasteiger partial charge in [0.2, 0.25) is 0 Å². The number of aromatic amines is 1. The Balaban J connectivity index is 1.18. The zero-order valence-electron chi connectivity index (χ0n) is 16.6. The van der Waals surface area contributed by atoms with Gasteiger partial charge in [0.1, 0.15) is 18.2 Å². The van der Waals surface area contributed by atoms with Crippen LogP contribution in [0.15, 0.2) is 66.9 Å². The summed E-state index contributed by atoms with van der Waals surface area (Å²) in [6.07, 6.45) is 2.92. The maximum absolute atomic E-state index is 13.0. The number of fused-ring (bicyclic) bond motifs is 1. The third-order valence-corrected chi connectivity index (χ3v) is 5.62. The van der Waals surface area contributed by atoms with Crippen molar-refractivity contribution in [2.24, 2.45) is 0 Å². The minimum absolute atomic E-state index is 0.266. The fourth-order valence-electron chi connectivity index (χ4n) is 4.05. The molecule has 5 rings (SSSR count). The summed E-state index contributed by atoms with van der Waals surface area (Å²) in [5.74, 6) is 0.797. The zero-order chi connectivity index (χ0) is 20.3. The van der Waals surface area contributed by atoms with E-state index in [2.05, 4.69) is 50.4 Å². The summed E-state index contributed by atoms with van der Waals surface area (Å²) in [4.78, 5) is 6.87. The van der Waals surface area contributed by atoms with Gasteiger partial charge in [-0.1, -0.05) is 12.1 Å². The lowest BCUT2D eigenvalue weighted by Gasteiger charge is -2.16. The van der Waals surface area contributed by atoms with Crippen LogP contribution in [0.5, 0.6) is 5.75 Å². The molecule has 5 nitrogen and oxygen atoms in total. The predicted octanol–water partition coefficient (Wildman–Crippen LogP) is 4.67. The summed E-state index contributed by atoms with van der Waals surface area (Å²) in [6.45, 7) is 3.38. The third kappa shape index (κ3) is 4.19. The van der Waals surface area contributed by atoms with Crippen LogP contribution in [-0.2, 0) is 13.2 Å². The number of nitrogens with one attached hydrogen (secondary N) is 1. The third-order valence-electron chi connectivity index (χ3n) is 5.62. The molecule has 0 spiro atoms. The molecular formula is C24H23FN4O. The number of rotatable bonds is 6. The van der Waals surface area contributed by atoms with Gasteiger partial charge >= 0.3 is 0 Å². The second kappa shape index (κ2) is 8.24. The van der Waals surface area contributed by atoms with Crippen molar-refractivity contribution in [1.82, 2.24) is 20.1 Å². The van der Waals surface area contributed by atoms with Crippen molar-refractivity contribution >= 4 is 10.9 Å². The van der Waals surface area contributed by atoms with Crippen molar-refractivity contribution in [3.8, 4) is 5.75 Å². The Morgan fingerprint density at radius 3 is 2.90 bits per heavy atom. The molecule has 2 aromatic heterocycles. The summed E-state index contributed by atoms with van der Waals surface area (Å²) in [7, 11) is 0. The van der Waals surface area contributed by atoms with Crippen molar-refractivity contribution < 1.29 is 9.13 Å². The number of likely N-dealkylation sites (tertiary alicyclic amines) is 1. The van der Waals surface area contributed by atoms with Gasteiger partial charge in [-0.25, -0.2) is 4.39 Å². The van der Waals surface area contributed by atoms with E-state index in [1.807, 2.05) is 12.3 Å². The van der Waals surface area contributed by atoms with Gasteiger partial charge in [0, 0.05) is 30.6 Å².